The highest BCUT2D eigenvalue weighted by atomic mass is 19.4. The van der Waals surface area contributed by atoms with Gasteiger partial charge in [0.2, 0.25) is 0 Å². The minimum Gasteiger partial charge on any atom is -0.484 e. The predicted octanol–water partition coefficient (Wildman–Crippen LogP) is 2.20. The highest BCUT2D eigenvalue weighted by Crippen LogP contribution is 2.20. The van der Waals surface area contributed by atoms with Crippen LogP contribution in [0.2, 0.25) is 0 Å². The largest absolute Gasteiger partial charge is 0.484 e. The zero-order valence-electron chi connectivity index (χ0n) is 13.1. The Balaban J connectivity index is 2.16. The predicted molar refractivity (Wildman–Crippen MR) is 82.4 cm³/mol. The topological polar surface area (TPSA) is 99.2 Å². The van der Waals surface area contributed by atoms with Crippen molar-refractivity contribution in [1.82, 2.24) is 9.78 Å². The van der Waals surface area contributed by atoms with Crippen LogP contribution in [-0.2, 0) is 6.54 Å². The van der Waals surface area contributed by atoms with Gasteiger partial charge in [-0.1, -0.05) is 6.07 Å². The Labute approximate surface area is 140 Å². The number of primary amides is 1. The van der Waals surface area contributed by atoms with Gasteiger partial charge in [-0.05, 0) is 25.1 Å². The van der Waals surface area contributed by atoms with E-state index in [4.69, 9.17) is 5.73 Å². The summed E-state index contributed by atoms with van der Waals surface area (Å²) in [7, 11) is 0. The first-order valence-corrected chi connectivity index (χ1v) is 7.18. The van der Waals surface area contributed by atoms with Gasteiger partial charge in [0.05, 0.1) is 5.69 Å². The number of benzene rings is 1. The summed E-state index contributed by atoms with van der Waals surface area (Å²) in [5.74, 6) is -1.57. The van der Waals surface area contributed by atoms with Crippen LogP contribution in [0.25, 0.3) is 0 Å². The van der Waals surface area contributed by atoms with Gasteiger partial charge in [0.15, 0.2) is 12.3 Å². The number of amides is 2. The fraction of sp³-hybridized carbons (Fsp3) is 0.267. The van der Waals surface area contributed by atoms with Gasteiger partial charge >= 0.3 is 6.18 Å². The standard InChI is InChI=1S/C15H15F3N4O3/c1-2-22-7-11(12(21-22)13(19)23)20-14(24)9-4-3-5-10(6-9)25-8-15(16,17)18/h3-7H,2,8H2,1H3,(H2,19,23)(H,20,24). The highest BCUT2D eigenvalue weighted by Gasteiger charge is 2.28. The fourth-order valence-electron chi connectivity index (χ4n) is 1.94. The summed E-state index contributed by atoms with van der Waals surface area (Å²) in [5, 5.41) is 6.39. The molecular formula is C15H15F3N4O3. The Morgan fingerprint density at radius 3 is 2.68 bits per heavy atom. The maximum atomic E-state index is 12.3. The van der Waals surface area contributed by atoms with Gasteiger partial charge in [-0.25, -0.2) is 0 Å². The number of alkyl halides is 3. The average Bonchev–Trinajstić information content (AvgIpc) is 2.96. The maximum Gasteiger partial charge on any atom is 0.422 e. The van der Waals surface area contributed by atoms with Crippen molar-refractivity contribution in [2.45, 2.75) is 19.6 Å². The summed E-state index contributed by atoms with van der Waals surface area (Å²) in [4.78, 5) is 23.6. The van der Waals surface area contributed by atoms with Gasteiger partial charge in [-0.2, -0.15) is 18.3 Å². The van der Waals surface area contributed by atoms with E-state index in [1.54, 1.807) is 6.92 Å². The normalized spacial score (nSPS) is 11.2. The summed E-state index contributed by atoms with van der Waals surface area (Å²) < 4.78 is 42.6. The minimum absolute atomic E-state index is 0.0549. The molecule has 0 radical (unpaired) electrons. The second-order valence-corrected chi connectivity index (χ2v) is 5.00. The summed E-state index contributed by atoms with van der Waals surface area (Å²) >= 11 is 0. The number of carbonyl (C=O) groups is 2. The fourth-order valence-corrected chi connectivity index (χ4v) is 1.94. The molecule has 3 N–H and O–H groups in total. The first kappa shape index (κ1) is 18.3. The molecule has 0 fully saturated rings. The molecule has 10 heteroatoms. The lowest BCUT2D eigenvalue weighted by molar-refractivity contribution is -0.153. The lowest BCUT2D eigenvalue weighted by Gasteiger charge is -2.10. The maximum absolute atomic E-state index is 12.3. The van der Waals surface area contributed by atoms with Crippen molar-refractivity contribution < 1.29 is 27.5 Å². The van der Waals surface area contributed by atoms with Gasteiger partial charge in [0, 0.05) is 18.3 Å². The number of hydrogen-bond donors (Lipinski definition) is 2. The first-order chi connectivity index (χ1) is 11.7. The summed E-state index contributed by atoms with van der Waals surface area (Å²) in [5.41, 5.74) is 5.26. The van der Waals surface area contributed by atoms with Crippen LogP contribution in [0.1, 0.15) is 27.8 Å². The number of aromatic nitrogens is 2. The van der Waals surface area contributed by atoms with Crippen LogP contribution in [0.3, 0.4) is 0 Å². The van der Waals surface area contributed by atoms with Crippen molar-refractivity contribution in [3.8, 4) is 5.75 Å². The van der Waals surface area contributed by atoms with Crippen LogP contribution in [-0.4, -0.2) is 34.4 Å². The van der Waals surface area contributed by atoms with Gasteiger partial charge < -0.3 is 15.8 Å². The molecule has 0 saturated heterocycles. The first-order valence-electron chi connectivity index (χ1n) is 7.18. The average molecular weight is 356 g/mol. The van der Waals surface area contributed by atoms with E-state index in [0.29, 0.717) is 6.54 Å². The Bertz CT molecular complexity index is 787. The molecule has 1 aromatic heterocycles. The molecule has 25 heavy (non-hydrogen) atoms. The van der Waals surface area contributed by atoms with Crippen LogP contribution in [0.5, 0.6) is 5.75 Å². The molecule has 0 unspecified atom stereocenters. The van der Waals surface area contributed by atoms with Crippen molar-refractivity contribution in [3.63, 3.8) is 0 Å². The number of aryl methyl sites for hydroxylation is 1. The molecule has 2 amide bonds. The molecular weight excluding hydrogens is 341 g/mol. The second-order valence-electron chi connectivity index (χ2n) is 5.00. The van der Waals surface area contributed by atoms with Crippen molar-refractivity contribution in [2.75, 3.05) is 11.9 Å². The van der Waals surface area contributed by atoms with E-state index >= 15 is 0 Å². The van der Waals surface area contributed by atoms with Crippen molar-refractivity contribution >= 4 is 17.5 Å². The smallest absolute Gasteiger partial charge is 0.422 e. The van der Waals surface area contributed by atoms with Gasteiger partial charge in [-0.3, -0.25) is 14.3 Å². The molecule has 1 aromatic carbocycles. The molecule has 2 rings (SSSR count). The zero-order valence-corrected chi connectivity index (χ0v) is 13.1. The molecule has 0 bridgehead atoms. The quantitative estimate of drug-likeness (QED) is 0.829. The van der Waals surface area contributed by atoms with Gasteiger partial charge in [-0.15, -0.1) is 0 Å². The molecule has 7 nitrogen and oxygen atoms in total. The number of rotatable bonds is 6. The van der Waals surface area contributed by atoms with E-state index in [-0.39, 0.29) is 22.7 Å². The summed E-state index contributed by atoms with van der Waals surface area (Å²) in [6.45, 7) is 0.773. The second kappa shape index (κ2) is 7.24. The van der Waals surface area contributed by atoms with E-state index in [9.17, 15) is 22.8 Å². The summed E-state index contributed by atoms with van der Waals surface area (Å²) in [6.07, 6.45) is -3.05. The number of nitrogens with zero attached hydrogens (tertiary/aromatic N) is 2. The zero-order chi connectivity index (χ0) is 18.6. The third-order valence-electron chi connectivity index (χ3n) is 3.07. The minimum atomic E-state index is -4.48. The lowest BCUT2D eigenvalue weighted by Crippen LogP contribution is -2.20. The lowest BCUT2D eigenvalue weighted by atomic mass is 10.2. The molecule has 1 heterocycles. The van der Waals surface area contributed by atoms with E-state index < -0.39 is 24.6 Å². The highest BCUT2D eigenvalue weighted by molar-refractivity contribution is 6.08. The molecule has 0 aliphatic heterocycles. The number of nitrogens with two attached hydrogens (primary N) is 1. The molecule has 0 spiro atoms. The third kappa shape index (κ3) is 4.96. The Morgan fingerprint density at radius 2 is 2.08 bits per heavy atom. The number of ether oxygens (including phenoxy) is 1. The van der Waals surface area contributed by atoms with E-state index in [1.807, 2.05) is 0 Å². The van der Waals surface area contributed by atoms with Crippen LogP contribution in [0.15, 0.2) is 30.5 Å². The van der Waals surface area contributed by atoms with E-state index in [0.717, 1.165) is 6.07 Å². The summed E-state index contributed by atoms with van der Waals surface area (Å²) in [6, 6.07) is 5.23. The number of nitrogens with one attached hydrogen (secondary N) is 1. The third-order valence-corrected chi connectivity index (χ3v) is 3.07. The Morgan fingerprint density at radius 1 is 1.36 bits per heavy atom. The Hall–Kier alpha value is -3.04. The van der Waals surface area contributed by atoms with Crippen LogP contribution >= 0.6 is 0 Å². The number of anilines is 1. The molecule has 0 aliphatic carbocycles. The van der Waals surface area contributed by atoms with Gasteiger partial charge in [0.25, 0.3) is 11.8 Å². The van der Waals surface area contributed by atoms with Crippen molar-refractivity contribution in [2.24, 2.45) is 5.73 Å². The molecule has 0 aliphatic rings. The van der Waals surface area contributed by atoms with E-state index in [1.165, 1.54) is 29.1 Å². The van der Waals surface area contributed by atoms with Crippen molar-refractivity contribution in [3.05, 3.63) is 41.7 Å². The Kier molecular flexibility index (Phi) is 5.30. The monoisotopic (exact) mass is 356 g/mol. The SMILES string of the molecule is CCn1cc(NC(=O)c2cccc(OCC(F)(F)F)c2)c(C(N)=O)n1. The number of hydrogen-bond acceptors (Lipinski definition) is 4. The molecule has 2 aromatic rings. The van der Waals surface area contributed by atoms with Crippen molar-refractivity contribution in [1.29, 1.82) is 0 Å². The molecule has 0 atom stereocenters. The van der Waals surface area contributed by atoms with E-state index in [2.05, 4.69) is 15.2 Å². The van der Waals surface area contributed by atoms with Gasteiger partial charge in [0.1, 0.15) is 5.75 Å². The molecule has 0 saturated carbocycles. The van der Waals surface area contributed by atoms with Crippen LogP contribution in [0.4, 0.5) is 18.9 Å². The number of carbonyl (C=O) groups excluding carboxylic acids is 2. The molecule has 134 valence electrons. The van der Waals surface area contributed by atoms with Crippen LogP contribution < -0.4 is 15.8 Å². The number of halogens is 3. The van der Waals surface area contributed by atoms with Crippen LogP contribution in [0, 0.1) is 0 Å².